The normalized spacial score (nSPS) is 17.5. The van der Waals surface area contributed by atoms with Crippen molar-refractivity contribution in [2.45, 2.75) is 30.8 Å². The largest absolute Gasteiger partial charge is 0.368 e. The molecule has 1 fully saturated rings. The summed E-state index contributed by atoms with van der Waals surface area (Å²) >= 11 is 1.23. The van der Waals surface area contributed by atoms with Gasteiger partial charge in [-0.3, -0.25) is 9.52 Å². The lowest BCUT2D eigenvalue weighted by Crippen LogP contribution is -2.55. The van der Waals surface area contributed by atoms with Gasteiger partial charge in [-0.05, 0) is 55.6 Å². The van der Waals surface area contributed by atoms with Crippen molar-refractivity contribution in [1.82, 2.24) is 14.5 Å². The molecular weight excluding hydrogens is 482 g/mol. The van der Waals surface area contributed by atoms with Gasteiger partial charge in [0.1, 0.15) is 6.04 Å². The molecule has 0 unspecified atom stereocenters. The van der Waals surface area contributed by atoms with Gasteiger partial charge < -0.3 is 14.4 Å². The maximum Gasteiger partial charge on any atom is 0.263 e. The first-order chi connectivity index (χ1) is 16.8. The van der Waals surface area contributed by atoms with E-state index in [4.69, 9.17) is 0 Å². The third-order valence-electron chi connectivity index (χ3n) is 6.48. The number of benzene rings is 2. The molecule has 2 aromatic heterocycles. The first kappa shape index (κ1) is 23.4. The van der Waals surface area contributed by atoms with Gasteiger partial charge in [-0.15, -0.1) is 11.3 Å². The molecule has 35 heavy (non-hydrogen) atoms. The highest BCUT2D eigenvalue weighted by Crippen LogP contribution is 2.26. The van der Waals surface area contributed by atoms with E-state index in [1.165, 1.54) is 11.3 Å². The molecule has 0 bridgehead atoms. The molecule has 10 heteroatoms. The van der Waals surface area contributed by atoms with E-state index in [0.29, 0.717) is 24.8 Å². The fourth-order valence-electron chi connectivity index (χ4n) is 4.60. The average Bonchev–Trinajstić information content (AvgIpc) is 3.53. The number of sulfonamides is 1. The highest BCUT2D eigenvalue weighted by Gasteiger charge is 2.31. The van der Waals surface area contributed by atoms with Crippen LogP contribution < -0.4 is 9.62 Å². The average molecular weight is 514 g/mol. The quantitative estimate of drug-likeness (QED) is 0.404. The van der Waals surface area contributed by atoms with Crippen molar-refractivity contribution in [3.8, 4) is 0 Å². The number of para-hydroxylation sites is 1. The van der Waals surface area contributed by atoms with Crippen LogP contribution in [0.4, 0.5) is 10.8 Å². The number of nitrogens with zero attached hydrogens (tertiary/aromatic N) is 4. The van der Waals surface area contributed by atoms with Crippen LogP contribution in [-0.2, 0) is 14.8 Å². The molecule has 0 spiro atoms. The summed E-state index contributed by atoms with van der Waals surface area (Å²) in [5.74, 6) is 0.105. The van der Waals surface area contributed by atoms with Crippen LogP contribution in [0, 0.1) is 0 Å². The number of amides is 1. The molecule has 4 aromatic rings. The van der Waals surface area contributed by atoms with Crippen LogP contribution in [-0.4, -0.2) is 54.5 Å². The third-order valence-corrected chi connectivity index (χ3v) is 8.65. The number of fused-ring (bicyclic) bond motifs is 1. The number of carbonyl (C=O) groups excluding carboxylic acids is 1. The molecule has 5 rings (SSSR count). The maximum absolute atomic E-state index is 13.4. The summed E-state index contributed by atoms with van der Waals surface area (Å²) in [7, 11) is -3.68. The number of piperazine rings is 1. The molecule has 0 radical (unpaired) electrons. The highest BCUT2D eigenvalue weighted by atomic mass is 32.2. The maximum atomic E-state index is 13.4. The fourth-order valence-corrected chi connectivity index (χ4v) is 6.39. The molecular formula is C25H31N5O3S2. The number of nitrogens with one attached hydrogen (secondary N) is 1. The van der Waals surface area contributed by atoms with Crippen molar-refractivity contribution in [2.75, 3.05) is 29.3 Å². The van der Waals surface area contributed by atoms with E-state index in [2.05, 4.69) is 27.6 Å². The Balaban J connectivity index is 0.00000190. The molecule has 2 atom stereocenters. The fraction of sp³-hybridized carbons (Fsp3) is 0.280. The van der Waals surface area contributed by atoms with Crippen molar-refractivity contribution in [2.24, 2.45) is 0 Å². The minimum absolute atomic E-state index is 0. The molecule has 2 aromatic carbocycles. The molecule has 3 heterocycles. The number of anilines is 2. The molecule has 1 aliphatic heterocycles. The lowest BCUT2D eigenvalue weighted by Gasteiger charge is -2.42. The minimum atomic E-state index is -3.68. The summed E-state index contributed by atoms with van der Waals surface area (Å²) in [4.78, 5) is 21.7. The van der Waals surface area contributed by atoms with Crippen molar-refractivity contribution in [3.63, 3.8) is 0 Å². The predicted octanol–water partition coefficient (Wildman–Crippen LogP) is 4.69. The lowest BCUT2D eigenvalue weighted by atomic mass is 10.1. The van der Waals surface area contributed by atoms with E-state index in [0.717, 1.165) is 16.6 Å². The van der Waals surface area contributed by atoms with Crippen molar-refractivity contribution < 1.29 is 16.1 Å². The first-order valence-corrected chi connectivity index (χ1v) is 13.8. The van der Waals surface area contributed by atoms with E-state index in [-0.39, 0.29) is 25.7 Å². The van der Waals surface area contributed by atoms with Crippen LogP contribution in [0.15, 0.2) is 77.3 Å². The first-order valence-electron chi connectivity index (χ1n) is 11.5. The van der Waals surface area contributed by atoms with Crippen molar-refractivity contribution in [1.29, 1.82) is 0 Å². The molecule has 1 aliphatic rings. The number of aromatic nitrogens is 2. The monoisotopic (exact) mass is 513 g/mol. The summed E-state index contributed by atoms with van der Waals surface area (Å²) < 4.78 is 29.7. The van der Waals surface area contributed by atoms with E-state index in [1.807, 2.05) is 59.0 Å². The van der Waals surface area contributed by atoms with Crippen LogP contribution in [0.5, 0.6) is 0 Å². The Labute approximate surface area is 211 Å². The van der Waals surface area contributed by atoms with Crippen LogP contribution in [0.2, 0.25) is 0 Å². The Bertz CT molecular complexity index is 1440. The Hall–Kier alpha value is -3.37. The van der Waals surface area contributed by atoms with Crippen LogP contribution >= 0.6 is 11.3 Å². The van der Waals surface area contributed by atoms with E-state index >= 15 is 0 Å². The van der Waals surface area contributed by atoms with Crippen LogP contribution in [0.1, 0.15) is 22.7 Å². The summed E-state index contributed by atoms with van der Waals surface area (Å²) in [5, 5.41) is 3.18. The Morgan fingerprint density at radius 3 is 2.63 bits per heavy atom. The third kappa shape index (κ3) is 4.63. The summed E-state index contributed by atoms with van der Waals surface area (Å²) in [5.41, 5.74) is 1.99. The second kappa shape index (κ2) is 9.35. The predicted molar refractivity (Wildman–Crippen MR) is 144 cm³/mol. The van der Waals surface area contributed by atoms with E-state index < -0.39 is 10.0 Å². The second-order valence-corrected chi connectivity index (χ2v) is 11.3. The summed E-state index contributed by atoms with van der Waals surface area (Å²) in [6, 6.07) is 16.7. The number of carbonyl (C=O) groups is 1. The van der Waals surface area contributed by atoms with E-state index in [9.17, 15) is 13.2 Å². The minimum Gasteiger partial charge on any atom is -0.368 e. The standard InChI is InChI=1S/C25H27N5O3S2.2H2/c1-18-17-28(21-7-9-22(10-8-21)35(32,33)27-25-26-12-16-34-25)14-15-29(18)24(31)19(2)30-13-11-20-5-3-4-6-23(20)30;;/h3-13,16,18-19H,14-15,17H2,1-2H3,(H,26,27);2*1H/t18-,19+;;/m1../s1. The molecule has 186 valence electrons. The zero-order valence-electron chi connectivity index (χ0n) is 19.5. The van der Waals surface area contributed by atoms with Crippen LogP contribution in [0.3, 0.4) is 0 Å². The van der Waals surface area contributed by atoms with E-state index in [1.54, 1.807) is 23.7 Å². The SMILES string of the molecule is C[C@@H]1CN(c2ccc(S(=O)(=O)Nc3nccs3)cc2)CCN1C(=O)[C@H](C)n1ccc2ccccc21.[HH].[HH]. The van der Waals surface area contributed by atoms with Crippen molar-refractivity contribution in [3.05, 3.63) is 72.4 Å². The lowest BCUT2D eigenvalue weighted by molar-refractivity contribution is -0.136. The molecule has 1 amide bonds. The van der Waals surface area contributed by atoms with Gasteiger partial charge in [0.2, 0.25) is 5.91 Å². The van der Waals surface area contributed by atoms with Gasteiger partial charge in [0, 0.05) is 57.5 Å². The van der Waals surface area contributed by atoms with Gasteiger partial charge in [-0.1, -0.05) is 18.2 Å². The zero-order chi connectivity index (χ0) is 24.6. The molecule has 0 aliphatic carbocycles. The van der Waals surface area contributed by atoms with Gasteiger partial charge >= 0.3 is 0 Å². The molecule has 1 N–H and O–H groups in total. The van der Waals surface area contributed by atoms with Gasteiger partial charge in [0.25, 0.3) is 10.0 Å². The van der Waals surface area contributed by atoms with Crippen molar-refractivity contribution >= 4 is 49.0 Å². The van der Waals surface area contributed by atoms with Gasteiger partial charge in [-0.2, -0.15) is 0 Å². The Morgan fingerprint density at radius 2 is 1.91 bits per heavy atom. The number of thiazole rings is 1. The molecule has 8 nitrogen and oxygen atoms in total. The number of rotatable bonds is 6. The smallest absolute Gasteiger partial charge is 0.263 e. The van der Waals surface area contributed by atoms with Crippen LogP contribution in [0.25, 0.3) is 10.9 Å². The Kier molecular flexibility index (Phi) is 6.24. The van der Waals surface area contributed by atoms with Gasteiger partial charge in [0.15, 0.2) is 5.13 Å². The highest BCUT2D eigenvalue weighted by molar-refractivity contribution is 7.93. The topological polar surface area (TPSA) is 87.5 Å². The van der Waals surface area contributed by atoms with Gasteiger partial charge in [0.05, 0.1) is 4.90 Å². The molecule has 0 saturated carbocycles. The summed E-state index contributed by atoms with van der Waals surface area (Å²) in [6.45, 7) is 5.97. The Morgan fingerprint density at radius 1 is 1.14 bits per heavy atom. The molecule has 1 saturated heterocycles. The zero-order valence-corrected chi connectivity index (χ0v) is 21.2. The second-order valence-electron chi connectivity index (χ2n) is 8.72. The number of hydrogen-bond donors (Lipinski definition) is 1. The number of hydrogen-bond acceptors (Lipinski definition) is 6. The van der Waals surface area contributed by atoms with Gasteiger partial charge in [-0.25, -0.2) is 13.4 Å². The summed E-state index contributed by atoms with van der Waals surface area (Å²) in [6.07, 6.45) is 3.53.